The summed E-state index contributed by atoms with van der Waals surface area (Å²) in [5, 5.41) is 18.8. The molecule has 17 heavy (non-hydrogen) atoms. The second-order valence-corrected chi connectivity index (χ2v) is 4.98. The van der Waals surface area contributed by atoms with E-state index in [4.69, 9.17) is 9.84 Å². The van der Waals surface area contributed by atoms with Crippen LogP contribution in [-0.2, 0) is 4.74 Å². The zero-order chi connectivity index (χ0) is 12.5. The first-order valence-corrected chi connectivity index (χ1v) is 6.88. The van der Waals surface area contributed by atoms with Crippen molar-refractivity contribution in [1.82, 2.24) is 0 Å². The Bertz CT molecular complexity index is 300. The van der Waals surface area contributed by atoms with Gasteiger partial charge in [0.15, 0.2) is 0 Å². The first kappa shape index (κ1) is 14.4. The zero-order valence-corrected chi connectivity index (χ0v) is 10.9. The molecule has 0 aliphatic heterocycles. The number of hydrogen-bond acceptors (Lipinski definition) is 4. The largest absolute Gasteiger partial charge is 0.508 e. The number of hydrogen-bond donors (Lipinski definition) is 2. The fourth-order valence-electron chi connectivity index (χ4n) is 1.25. The number of unbranched alkanes of at least 4 members (excludes halogenated alkanes) is 1. The molecule has 0 bridgehead atoms. The van der Waals surface area contributed by atoms with E-state index in [1.54, 1.807) is 23.9 Å². The summed E-state index contributed by atoms with van der Waals surface area (Å²) in [5.41, 5.74) is 0. The van der Waals surface area contributed by atoms with E-state index in [0.29, 0.717) is 12.4 Å². The zero-order valence-electron chi connectivity index (χ0n) is 10.1. The third-order valence-electron chi connectivity index (χ3n) is 2.23. The molecule has 1 rings (SSSR count). The molecule has 0 radical (unpaired) electrons. The molecule has 4 heteroatoms. The number of thioether (sulfide) groups is 1. The molecule has 0 saturated carbocycles. The standard InChI is InChI=1S/C13H20O3S/c1-2-3-8-16-9-12(15)10-17-13-6-4-11(14)5-7-13/h4-7,12,14-15H,2-3,8-10H2,1H3. The van der Waals surface area contributed by atoms with Crippen molar-refractivity contribution in [1.29, 1.82) is 0 Å². The summed E-state index contributed by atoms with van der Waals surface area (Å²) in [7, 11) is 0. The molecule has 2 N–H and O–H groups in total. The van der Waals surface area contributed by atoms with E-state index in [2.05, 4.69) is 6.92 Å². The number of aliphatic hydroxyl groups is 1. The minimum Gasteiger partial charge on any atom is -0.508 e. The maximum Gasteiger partial charge on any atom is 0.115 e. The fraction of sp³-hybridized carbons (Fsp3) is 0.538. The van der Waals surface area contributed by atoms with E-state index in [1.165, 1.54) is 0 Å². The van der Waals surface area contributed by atoms with Crippen molar-refractivity contribution >= 4 is 11.8 Å². The van der Waals surface area contributed by atoms with Gasteiger partial charge in [-0.05, 0) is 30.7 Å². The number of aliphatic hydroxyl groups excluding tert-OH is 1. The van der Waals surface area contributed by atoms with Crippen LogP contribution in [0, 0.1) is 0 Å². The van der Waals surface area contributed by atoms with Crippen LogP contribution in [0.5, 0.6) is 5.75 Å². The van der Waals surface area contributed by atoms with Gasteiger partial charge in [0, 0.05) is 17.3 Å². The molecule has 1 aromatic carbocycles. The minimum absolute atomic E-state index is 0.262. The van der Waals surface area contributed by atoms with Gasteiger partial charge in [0.2, 0.25) is 0 Å². The molecule has 0 aliphatic rings. The number of aromatic hydroxyl groups is 1. The van der Waals surface area contributed by atoms with Crippen molar-refractivity contribution in [3.8, 4) is 5.75 Å². The summed E-state index contributed by atoms with van der Waals surface area (Å²) >= 11 is 1.56. The first-order chi connectivity index (χ1) is 8.22. The molecular formula is C13H20O3S. The van der Waals surface area contributed by atoms with Gasteiger partial charge in [-0.3, -0.25) is 0 Å². The van der Waals surface area contributed by atoms with Gasteiger partial charge in [-0.25, -0.2) is 0 Å². The molecule has 0 spiro atoms. The van der Waals surface area contributed by atoms with Crippen LogP contribution in [0.3, 0.4) is 0 Å². The summed E-state index contributed by atoms with van der Waals surface area (Å²) in [6.45, 7) is 3.23. The highest BCUT2D eigenvalue weighted by Crippen LogP contribution is 2.21. The van der Waals surface area contributed by atoms with Crippen molar-refractivity contribution < 1.29 is 14.9 Å². The molecule has 0 aliphatic carbocycles. The first-order valence-electron chi connectivity index (χ1n) is 5.90. The van der Waals surface area contributed by atoms with Crippen LogP contribution >= 0.6 is 11.8 Å². The van der Waals surface area contributed by atoms with Crippen LogP contribution in [-0.4, -0.2) is 35.3 Å². The van der Waals surface area contributed by atoms with E-state index in [9.17, 15) is 5.11 Å². The Morgan fingerprint density at radius 1 is 1.29 bits per heavy atom. The molecule has 0 saturated heterocycles. The van der Waals surface area contributed by atoms with Crippen molar-refractivity contribution in [2.24, 2.45) is 0 Å². The van der Waals surface area contributed by atoms with Gasteiger partial charge in [-0.1, -0.05) is 13.3 Å². The van der Waals surface area contributed by atoms with Crippen molar-refractivity contribution in [3.05, 3.63) is 24.3 Å². The highest BCUT2D eigenvalue weighted by Gasteiger charge is 2.05. The summed E-state index contributed by atoms with van der Waals surface area (Å²) in [6, 6.07) is 6.97. The Kier molecular flexibility index (Phi) is 7.08. The summed E-state index contributed by atoms with van der Waals surface area (Å²) < 4.78 is 5.34. The highest BCUT2D eigenvalue weighted by molar-refractivity contribution is 7.99. The topological polar surface area (TPSA) is 49.7 Å². The quantitative estimate of drug-likeness (QED) is 0.554. The maximum atomic E-state index is 9.67. The van der Waals surface area contributed by atoms with Crippen molar-refractivity contribution in [2.75, 3.05) is 19.0 Å². The molecule has 0 heterocycles. The second kappa shape index (κ2) is 8.39. The Hall–Kier alpha value is -0.710. The predicted molar refractivity (Wildman–Crippen MR) is 70.6 cm³/mol. The number of ether oxygens (including phenoxy) is 1. The van der Waals surface area contributed by atoms with E-state index >= 15 is 0 Å². The number of phenols is 1. The van der Waals surface area contributed by atoms with Crippen LogP contribution in [0.25, 0.3) is 0 Å². The van der Waals surface area contributed by atoms with Gasteiger partial charge < -0.3 is 14.9 Å². The maximum absolute atomic E-state index is 9.67. The van der Waals surface area contributed by atoms with E-state index < -0.39 is 6.10 Å². The normalized spacial score (nSPS) is 12.6. The molecule has 96 valence electrons. The van der Waals surface area contributed by atoms with Crippen LogP contribution in [0.2, 0.25) is 0 Å². The van der Waals surface area contributed by atoms with Gasteiger partial charge >= 0.3 is 0 Å². The Balaban J connectivity index is 2.14. The third-order valence-corrected chi connectivity index (χ3v) is 3.39. The fourth-order valence-corrected chi connectivity index (χ4v) is 2.06. The van der Waals surface area contributed by atoms with Gasteiger partial charge in [-0.15, -0.1) is 11.8 Å². The lowest BCUT2D eigenvalue weighted by atomic mass is 10.3. The molecule has 0 aromatic heterocycles. The van der Waals surface area contributed by atoms with E-state index in [1.807, 2.05) is 12.1 Å². The van der Waals surface area contributed by atoms with Gasteiger partial charge in [0.05, 0.1) is 12.7 Å². The van der Waals surface area contributed by atoms with Crippen LogP contribution in [0.1, 0.15) is 19.8 Å². The van der Waals surface area contributed by atoms with E-state index in [0.717, 1.165) is 24.3 Å². The highest BCUT2D eigenvalue weighted by atomic mass is 32.2. The molecule has 3 nitrogen and oxygen atoms in total. The minimum atomic E-state index is -0.439. The molecule has 0 fully saturated rings. The predicted octanol–water partition coefficient (Wildman–Crippen LogP) is 2.66. The lowest BCUT2D eigenvalue weighted by Gasteiger charge is -2.10. The number of benzene rings is 1. The van der Waals surface area contributed by atoms with Crippen LogP contribution in [0.15, 0.2) is 29.2 Å². The van der Waals surface area contributed by atoms with Crippen molar-refractivity contribution in [2.45, 2.75) is 30.8 Å². The lowest BCUT2D eigenvalue weighted by Crippen LogP contribution is -2.18. The smallest absolute Gasteiger partial charge is 0.115 e. The monoisotopic (exact) mass is 256 g/mol. The third kappa shape index (κ3) is 6.56. The average Bonchev–Trinajstić information content (AvgIpc) is 2.34. The summed E-state index contributed by atoms with van der Waals surface area (Å²) in [6.07, 6.45) is 1.71. The molecule has 1 unspecified atom stereocenters. The number of phenolic OH excluding ortho intramolecular Hbond substituents is 1. The molecule has 1 atom stereocenters. The Morgan fingerprint density at radius 3 is 2.65 bits per heavy atom. The van der Waals surface area contributed by atoms with Gasteiger partial charge in [0.25, 0.3) is 0 Å². The van der Waals surface area contributed by atoms with Gasteiger partial charge in [-0.2, -0.15) is 0 Å². The molecular weight excluding hydrogens is 236 g/mol. The second-order valence-electron chi connectivity index (χ2n) is 3.89. The lowest BCUT2D eigenvalue weighted by molar-refractivity contribution is 0.0473. The Morgan fingerprint density at radius 2 is 2.00 bits per heavy atom. The molecule has 1 aromatic rings. The number of rotatable bonds is 8. The summed E-state index contributed by atoms with van der Waals surface area (Å²) in [5.74, 6) is 0.870. The van der Waals surface area contributed by atoms with Gasteiger partial charge in [0.1, 0.15) is 5.75 Å². The van der Waals surface area contributed by atoms with Crippen LogP contribution in [0.4, 0.5) is 0 Å². The average molecular weight is 256 g/mol. The van der Waals surface area contributed by atoms with Crippen molar-refractivity contribution in [3.63, 3.8) is 0 Å². The molecule has 0 amide bonds. The van der Waals surface area contributed by atoms with Crippen LogP contribution < -0.4 is 0 Å². The summed E-state index contributed by atoms with van der Waals surface area (Å²) in [4.78, 5) is 1.04. The van der Waals surface area contributed by atoms with E-state index in [-0.39, 0.29) is 5.75 Å². The SMILES string of the molecule is CCCCOCC(O)CSc1ccc(O)cc1. The Labute approximate surface area is 107 Å².